The number of piperazine rings is 1. The number of nitrogens with zero attached hydrogens (tertiary/aromatic N) is 1. The molecule has 0 radical (unpaired) electrons. The summed E-state index contributed by atoms with van der Waals surface area (Å²) in [4.78, 5) is 1.86. The van der Waals surface area contributed by atoms with Gasteiger partial charge in [0.2, 0.25) is 0 Å². The van der Waals surface area contributed by atoms with Crippen LogP contribution >= 0.6 is 47.4 Å². The van der Waals surface area contributed by atoms with E-state index in [4.69, 9.17) is 0 Å². The first-order valence-electron chi connectivity index (χ1n) is 5.67. The Hall–Kier alpha value is 0.310. The van der Waals surface area contributed by atoms with Gasteiger partial charge in [-0.15, -0.1) is 24.8 Å². The van der Waals surface area contributed by atoms with E-state index in [1.165, 1.54) is 0 Å². The number of hydrogen-bond acceptors (Lipinski definition) is 2. The average molecular weight is 425 g/mol. The van der Waals surface area contributed by atoms with E-state index in [-0.39, 0.29) is 24.8 Å². The minimum atomic E-state index is -2.34. The number of hydrogen-bond donors (Lipinski definition) is 1. The van der Waals surface area contributed by atoms with E-state index < -0.39 is 12.5 Å². The molecule has 0 aliphatic carbocycles. The molecule has 110 valence electrons. The molecule has 1 N–H and O–H groups in total. The molecule has 7 heteroatoms. The number of benzene rings is 1. The monoisotopic (exact) mass is 424 g/mol. The van der Waals surface area contributed by atoms with Gasteiger partial charge in [0.1, 0.15) is 0 Å². The van der Waals surface area contributed by atoms with Crippen LogP contribution in [0, 0.1) is 3.57 Å². The van der Waals surface area contributed by atoms with Gasteiger partial charge in [0, 0.05) is 29.7 Å². The van der Waals surface area contributed by atoms with Crippen LogP contribution in [0.2, 0.25) is 0 Å². The van der Waals surface area contributed by atoms with Crippen molar-refractivity contribution in [3.05, 3.63) is 33.4 Å². The maximum absolute atomic E-state index is 13.2. The van der Waals surface area contributed by atoms with Gasteiger partial charge in [0.15, 0.2) is 0 Å². The first-order valence-corrected chi connectivity index (χ1v) is 6.75. The highest BCUT2D eigenvalue weighted by atomic mass is 127. The van der Waals surface area contributed by atoms with E-state index in [1.807, 2.05) is 17.0 Å². The van der Waals surface area contributed by atoms with Crippen LogP contribution in [0.3, 0.4) is 0 Å². The van der Waals surface area contributed by atoms with Crippen molar-refractivity contribution in [3.8, 4) is 0 Å². The Morgan fingerprint density at radius 2 is 1.58 bits per heavy atom. The average Bonchev–Trinajstić information content (AvgIpc) is 2.33. The predicted molar refractivity (Wildman–Crippen MR) is 86.8 cm³/mol. The van der Waals surface area contributed by atoms with Crippen LogP contribution in [-0.4, -0.2) is 37.5 Å². The van der Waals surface area contributed by atoms with Crippen LogP contribution < -0.4 is 5.32 Å². The van der Waals surface area contributed by atoms with E-state index in [0.29, 0.717) is 18.7 Å². The summed E-state index contributed by atoms with van der Waals surface area (Å²) < 4.78 is 27.5. The quantitative estimate of drug-likeness (QED) is 0.748. The van der Waals surface area contributed by atoms with Gasteiger partial charge in [-0.1, -0.05) is 12.1 Å². The zero-order valence-electron chi connectivity index (χ0n) is 10.2. The molecule has 1 heterocycles. The minimum Gasteiger partial charge on any atom is -0.314 e. The summed E-state index contributed by atoms with van der Waals surface area (Å²) in [5.41, 5.74) is 0.710. The maximum Gasteiger partial charge on any atom is 0.258 e. The summed E-state index contributed by atoms with van der Waals surface area (Å²) in [7, 11) is 0. The molecule has 0 saturated carbocycles. The van der Waals surface area contributed by atoms with E-state index in [1.54, 1.807) is 12.1 Å². The van der Waals surface area contributed by atoms with Crippen molar-refractivity contribution in [3.63, 3.8) is 0 Å². The normalized spacial score (nSPS) is 17.5. The molecule has 1 aliphatic heterocycles. The second kappa shape index (κ2) is 9.28. The summed E-state index contributed by atoms with van der Waals surface area (Å²) in [6.45, 7) is 2.93. The standard InChI is InChI=1S/C12H15F2IN2.2ClH/c13-12(14)11(17-7-5-16-6-8-17)9-1-3-10(15)4-2-9;;/h1-4,11-12,16H,5-8H2;2*1H/t11-;;/m0../s1. The van der Waals surface area contributed by atoms with Crippen LogP contribution in [0.15, 0.2) is 24.3 Å². The fourth-order valence-corrected chi connectivity index (χ4v) is 2.50. The molecular weight excluding hydrogens is 408 g/mol. The van der Waals surface area contributed by atoms with Gasteiger partial charge in [0.05, 0.1) is 6.04 Å². The molecule has 1 aliphatic rings. The van der Waals surface area contributed by atoms with Gasteiger partial charge >= 0.3 is 0 Å². The van der Waals surface area contributed by atoms with Crippen LogP contribution in [0.25, 0.3) is 0 Å². The molecule has 2 nitrogen and oxygen atoms in total. The first kappa shape index (κ1) is 19.3. The van der Waals surface area contributed by atoms with Crippen LogP contribution in [0.5, 0.6) is 0 Å². The van der Waals surface area contributed by atoms with Crippen molar-refractivity contribution in [2.75, 3.05) is 26.2 Å². The summed E-state index contributed by atoms with van der Waals surface area (Å²) in [6, 6.07) is 6.61. The van der Waals surface area contributed by atoms with Gasteiger partial charge in [0.25, 0.3) is 6.43 Å². The maximum atomic E-state index is 13.2. The molecule has 1 saturated heterocycles. The van der Waals surface area contributed by atoms with E-state index in [0.717, 1.165) is 16.7 Å². The summed E-state index contributed by atoms with van der Waals surface area (Å²) in [5, 5.41) is 3.18. The van der Waals surface area contributed by atoms with Crippen molar-refractivity contribution in [1.29, 1.82) is 0 Å². The third-order valence-electron chi connectivity index (χ3n) is 3.00. The van der Waals surface area contributed by atoms with E-state index >= 15 is 0 Å². The van der Waals surface area contributed by atoms with Crippen molar-refractivity contribution in [1.82, 2.24) is 10.2 Å². The number of rotatable bonds is 3. The van der Waals surface area contributed by atoms with E-state index in [9.17, 15) is 8.78 Å². The molecule has 0 bridgehead atoms. The Kier molecular flexibility index (Phi) is 9.43. The Bertz CT molecular complexity index is 359. The zero-order valence-corrected chi connectivity index (χ0v) is 14.0. The summed E-state index contributed by atoms with van der Waals surface area (Å²) in [5.74, 6) is 0. The highest BCUT2D eigenvalue weighted by Crippen LogP contribution is 2.28. The first-order chi connectivity index (χ1) is 8.18. The Labute approximate surface area is 138 Å². The smallest absolute Gasteiger partial charge is 0.258 e. The number of nitrogens with one attached hydrogen (secondary N) is 1. The molecule has 1 aromatic rings. The highest BCUT2D eigenvalue weighted by molar-refractivity contribution is 14.1. The minimum absolute atomic E-state index is 0. The molecule has 2 rings (SSSR count). The van der Waals surface area contributed by atoms with Crippen molar-refractivity contribution < 1.29 is 8.78 Å². The zero-order chi connectivity index (χ0) is 12.3. The highest BCUT2D eigenvalue weighted by Gasteiger charge is 2.29. The number of halogens is 5. The third kappa shape index (κ3) is 5.30. The Balaban J connectivity index is 0.00000162. The lowest BCUT2D eigenvalue weighted by atomic mass is 10.1. The second-order valence-electron chi connectivity index (χ2n) is 4.12. The fraction of sp³-hybridized carbons (Fsp3) is 0.500. The molecule has 1 fully saturated rings. The molecular formula is C12H17Cl2F2IN2. The Morgan fingerprint density at radius 1 is 1.05 bits per heavy atom. The van der Waals surface area contributed by atoms with Crippen LogP contribution in [0.1, 0.15) is 11.6 Å². The lowest BCUT2D eigenvalue weighted by Crippen LogP contribution is -2.46. The Morgan fingerprint density at radius 3 is 2.05 bits per heavy atom. The van der Waals surface area contributed by atoms with Crippen molar-refractivity contribution in [2.24, 2.45) is 0 Å². The SMILES string of the molecule is Cl.Cl.FC(F)[C@H](c1ccc(I)cc1)N1CCNCC1. The fourth-order valence-electron chi connectivity index (χ4n) is 2.14. The van der Waals surface area contributed by atoms with Gasteiger partial charge in [-0.2, -0.15) is 0 Å². The lowest BCUT2D eigenvalue weighted by Gasteiger charge is -2.34. The van der Waals surface area contributed by atoms with Crippen LogP contribution in [0.4, 0.5) is 8.78 Å². The number of alkyl halides is 2. The van der Waals surface area contributed by atoms with Gasteiger partial charge in [-0.25, -0.2) is 8.78 Å². The van der Waals surface area contributed by atoms with Crippen molar-refractivity contribution >= 4 is 47.4 Å². The molecule has 0 unspecified atom stereocenters. The topological polar surface area (TPSA) is 15.3 Å². The molecule has 0 spiro atoms. The molecule has 0 amide bonds. The van der Waals surface area contributed by atoms with Crippen LogP contribution in [-0.2, 0) is 0 Å². The van der Waals surface area contributed by atoms with Gasteiger partial charge in [-0.3, -0.25) is 4.90 Å². The molecule has 1 aromatic carbocycles. The van der Waals surface area contributed by atoms with Gasteiger partial charge < -0.3 is 5.32 Å². The third-order valence-corrected chi connectivity index (χ3v) is 3.71. The summed E-state index contributed by atoms with van der Waals surface area (Å²) in [6.07, 6.45) is -2.34. The lowest BCUT2D eigenvalue weighted by molar-refractivity contribution is 0.0182. The molecule has 1 atom stereocenters. The molecule has 0 aromatic heterocycles. The van der Waals surface area contributed by atoms with Gasteiger partial charge in [-0.05, 0) is 40.3 Å². The summed E-state index contributed by atoms with van der Waals surface area (Å²) >= 11 is 2.18. The van der Waals surface area contributed by atoms with E-state index in [2.05, 4.69) is 27.9 Å². The largest absolute Gasteiger partial charge is 0.314 e. The van der Waals surface area contributed by atoms with Crippen molar-refractivity contribution in [2.45, 2.75) is 12.5 Å². The predicted octanol–water partition coefficient (Wildman–Crippen LogP) is 3.35. The second-order valence-corrected chi connectivity index (χ2v) is 5.36. The molecule has 19 heavy (non-hydrogen) atoms.